The van der Waals surface area contributed by atoms with Gasteiger partial charge in [0.25, 0.3) is 0 Å². The Labute approximate surface area is 126 Å². The average Bonchev–Trinajstić information content (AvgIpc) is 2.74. The molecule has 0 radical (unpaired) electrons. The molecule has 1 heterocycles. The lowest BCUT2D eigenvalue weighted by Crippen LogP contribution is -2.31. The zero-order valence-electron chi connectivity index (χ0n) is 13.7. The summed E-state index contributed by atoms with van der Waals surface area (Å²) in [5.41, 5.74) is 2.21. The van der Waals surface area contributed by atoms with Crippen molar-refractivity contribution in [2.24, 2.45) is 0 Å². The van der Waals surface area contributed by atoms with E-state index in [1.165, 1.54) is 0 Å². The molecule has 0 aliphatic carbocycles. The van der Waals surface area contributed by atoms with Gasteiger partial charge in [0.1, 0.15) is 5.82 Å². The minimum absolute atomic E-state index is 0.0813. The van der Waals surface area contributed by atoms with Crippen LogP contribution in [0.1, 0.15) is 46.0 Å². The largest absolute Gasteiger partial charge is 0.378 e. The number of nitrogens with zero attached hydrogens (tertiary/aromatic N) is 3. The molecule has 21 heavy (non-hydrogen) atoms. The molecule has 2 rings (SSSR count). The van der Waals surface area contributed by atoms with Gasteiger partial charge in [0.05, 0.1) is 28.3 Å². The number of hydrogen-bond acceptors (Lipinski definition) is 3. The van der Waals surface area contributed by atoms with Crippen molar-refractivity contribution in [1.29, 1.82) is 5.26 Å². The molecule has 112 valence electrons. The van der Waals surface area contributed by atoms with E-state index in [2.05, 4.69) is 45.3 Å². The second-order valence-electron chi connectivity index (χ2n) is 6.99. The SMILES string of the molecule is COC(C)(C)Cc1nc2cc(C#N)ccc2n1C(C)(C)C. The molecule has 1 aromatic carbocycles. The number of imidazole rings is 1. The van der Waals surface area contributed by atoms with Crippen LogP contribution in [0.5, 0.6) is 0 Å². The van der Waals surface area contributed by atoms with Gasteiger partial charge >= 0.3 is 0 Å². The van der Waals surface area contributed by atoms with Crippen LogP contribution in [0.3, 0.4) is 0 Å². The van der Waals surface area contributed by atoms with Gasteiger partial charge in [0.2, 0.25) is 0 Å². The predicted molar refractivity (Wildman–Crippen MR) is 84.2 cm³/mol. The second kappa shape index (κ2) is 5.16. The fourth-order valence-electron chi connectivity index (χ4n) is 2.52. The molecular formula is C17H23N3O. The van der Waals surface area contributed by atoms with E-state index in [0.717, 1.165) is 23.3 Å². The molecule has 0 aliphatic rings. The van der Waals surface area contributed by atoms with Crippen LogP contribution in [-0.2, 0) is 16.7 Å². The van der Waals surface area contributed by atoms with E-state index < -0.39 is 0 Å². The van der Waals surface area contributed by atoms with Gasteiger partial charge in [0, 0.05) is 19.1 Å². The van der Waals surface area contributed by atoms with Gasteiger partial charge in [0.15, 0.2) is 0 Å². The molecule has 0 saturated carbocycles. The molecular weight excluding hydrogens is 262 g/mol. The fourth-order valence-corrected chi connectivity index (χ4v) is 2.52. The third kappa shape index (κ3) is 3.08. The monoisotopic (exact) mass is 285 g/mol. The smallest absolute Gasteiger partial charge is 0.113 e. The lowest BCUT2D eigenvalue weighted by atomic mass is 10.0. The summed E-state index contributed by atoms with van der Waals surface area (Å²) in [6, 6.07) is 7.85. The number of aromatic nitrogens is 2. The normalized spacial score (nSPS) is 12.6. The van der Waals surface area contributed by atoms with Crippen molar-refractivity contribution in [2.75, 3.05) is 7.11 Å². The lowest BCUT2D eigenvalue weighted by Gasteiger charge is -2.28. The van der Waals surface area contributed by atoms with Gasteiger partial charge in [-0.15, -0.1) is 0 Å². The first-order chi connectivity index (χ1) is 9.68. The third-order valence-corrected chi connectivity index (χ3v) is 3.66. The molecule has 0 bridgehead atoms. The van der Waals surface area contributed by atoms with Crippen molar-refractivity contribution in [3.63, 3.8) is 0 Å². The number of nitriles is 1. The van der Waals surface area contributed by atoms with Gasteiger partial charge < -0.3 is 9.30 Å². The van der Waals surface area contributed by atoms with Crippen LogP contribution in [0.2, 0.25) is 0 Å². The van der Waals surface area contributed by atoms with Crippen molar-refractivity contribution in [1.82, 2.24) is 9.55 Å². The van der Waals surface area contributed by atoms with Crippen molar-refractivity contribution < 1.29 is 4.74 Å². The van der Waals surface area contributed by atoms with E-state index in [4.69, 9.17) is 15.0 Å². The van der Waals surface area contributed by atoms with Crippen LogP contribution in [0.4, 0.5) is 0 Å². The van der Waals surface area contributed by atoms with E-state index in [9.17, 15) is 0 Å². The highest BCUT2D eigenvalue weighted by atomic mass is 16.5. The van der Waals surface area contributed by atoms with E-state index in [-0.39, 0.29) is 11.1 Å². The molecule has 0 amide bonds. The van der Waals surface area contributed by atoms with Gasteiger partial charge in [-0.2, -0.15) is 5.26 Å². The fraction of sp³-hybridized carbons (Fsp3) is 0.529. The molecule has 0 saturated heterocycles. The predicted octanol–water partition coefficient (Wildman–Crippen LogP) is 3.63. The number of methoxy groups -OCH3 is 1. The molecule has 0 unspecified atom stereocenters. The Balaban J connectivity index is 2.66. The summed E-state index contributed by atoms with van der Waals surface area (Å²) in [5.74, 6) is 0.986. The minimum atomic E-state index is -0.275. The molecule has 0 spiro atoms. The number of ether oxygens (including phenoxy) is 1. The highest BCUT2D eigenvalue weighted by molar-refractivity contribution is 5.78. The zero-order valence-corrected chi connectivity index (χ0v) is 13.7. The number of fused-ring (bicyclic) bond motifs is 1. The second-order valence-corrected chi connectivity index (χ2v) is 6.99. The number of rotatable bonds is 3. The van der Waals surface area contributed by atoms with E-state index in [1.807, 2.05) is 18.2 Å². The average molecular weight is 285 g/mol. The van der Waals surface area contributed by atoms with Crippen LogP contribution in [0, 0.1) is 11.3 Å². The van der Waals surface area contributed by atoms with Crippen LogP contribution in [-0.4, -0.2) is 22.3 Å². The first-order valence-corrected chi connectivity index (χ1v) is 7.15. The first-order valence-electron chi connectivity index (χ1n) is 7.15. The molecule has 4 nitrogen and oxygen atoms in total. The van der Waals surface area contributed by atoms with Crippen LogP contribution < -0.4 is 0 Å². The first kappa shape index (κ1) is 15.5. The molecule has 1 aromatic heterocycles. The maximum atomic E-state index is 9.05. The Hall–Kier alpha value is -1.86. The Kier molecular flexibility index (Phi) is 3.81. The van der Waals surface area contributed by atoms with Crippen LogP contribution in [0.15, 0.2) is 18.2 Å². The standard InChI is InChI=1S/C17H23N3O/c1-16(2,3)20-14-8-7-12(11-18)9-13(14)19-15(20)10-17(4,5)21-6/h7-9H,10H2,1-6H3. The van der Waals surface area contributed by atoms with Gasteiger partial charge in [-0.25, -0.2) is 4.98 Å². The number of benzene rings is 1. The summed E-state index contributed by atoms with van der Waals surface area (Å²) in [5, 5.41) is 9.05. The third-order valence-electron chi connectivity index (χ3n) is 3.66. The molecule has 2 aromatic rings. The maximum Gasteiger partial charge on any atom is 0.113 e. The maximum absolute atomic E-state index is 9.05. The van der Waals surface area contributed by atoms with E-state index >= 15 is 0 Å². The highest BCUT2D eigenvalue weighted by Gasteiger charge is 2.26. The van der Waals surface area contributed by atoms with Crippen LogP contribution >= 0.6 is 0 Å². The summed E-state index contributed by atoms with van der Waals surface area (Å²) in [6.45, 7) is 10.6. The molecule has 0 atom stereocenters. The van der Waals surface area contributed by atoms with Gasteiger partial charge in [-0.3, -0.25) is 0 Å². The Bertz CT molecular complexity index is 699. The summed E-state index contributed by atoms with van der Waals surface area (Å²) in [4.78, 5) is 4.75. The number of hydrogen-bond donors (Lipinski definition) is 0. The Morgan fingerprint density at radius 3 is 2.43 bits per heavy atom. The van der Waals surface area contributed by atoms with Crippen LogP contribution in [0.25, 0.3) is 11.0 Å². The minimum Gasteiger partial charge on any atom is -0.378 e. The molecule has 0 N–H and O–H groups in total. The summed E-state index contributed by atoms with van der Waals surface area (Å²) in [6.07, 6.45) is 0.720. The van der Waals surface area contributed by atoms with Crippen molar-refractivity contribution in [3.05, 3.63) is 29.6 Å². The van der Waals surface area contributed by atoms with E-state index in [1.54, 1.807) is 7.11 Å². The van der Waals surface area contributed by atoms with E-state index in [0.29, 0.717) is 5.56 Å². The quantitative estimate of drug-likeness (QED) is 0.865. The molecule has 0 aliphatic heterocycles. The molecule has 4 heteroatoms. The Morgan fingerprint density at radius 2 is 1.90 bits per heavy atom. The van der Waals surface area contributed by atoms with Crippen molar-refractivity contribution in [2.45, 2.75) is 52.2 Å². The molecule has 0 fully saturated rings. The van der Waals surface area contributed by atoms with Gasteiger partial charge in [-0.05, 0) is 52.8 Å². The highest BCUT2D eigenvalue weighted by Crippen LogP contribution is 2.28. The van der Waals surface area contributed by atoms with Gasteiger partial charge in [-0.1, -0.05) is 0 Å². The lowest BCUT2D eigenvalue weighted by molar-refractivity contribution is 0.0204. The topological polar surface area (TPSA) is 50.8 Å². The zero-order chi connectivity index (χ0) is 15.8. The summed E-state index contributed by atoms with van der Waals surface area (Å²) >= 11 is 0. The Morgan fingerprint density at radius 1 is 1.24 bits per heavy atom. The van der Waals surface area contributed by atoms with Crippen molar-refractivity contribution >= 4 is 11.0 Å². The summed E-state index contributed by atoms with van der Waals surface area (Å²) < 4.78 is 7.78. The van der Waals surface area contributed by atoms with Crippen molar-refractivity contribution in [3.8, 4) is 6.07 Å². The summed E-state index contributed by atoms with van der Waals surface area (Å²) in [7, 11) is 1.72.